The summed E-state index contributed by atoms with van der Waals surface area (Å²) in [5, 5.41) is 7.21. The molecule has 5 nitrogen and oxygen atoms in total. The molecule has 3 rings (SSSR count). The fourth-order valence-corrected chi connectivity index (χ4v) is 3.75. The molecule has 0 saturated heterocycles. The van der Waals surface area contributed by atoms with E-state index in [0.717, 1.165) is 48.6 Å². The van der Waals surface area contributed by atoms with Crippen molar-refractivity contribution in [3.63, 3.8) is 0 Å². The van der Waals surface area contributed by atoms with E-state index in [1.165, 1.54) is 11.1 Å². The number of carbonyl (C=O) groups is 1. The van der Waals surface area contributed by atoms with Crippen LogP contribution in [0.25, 0.3) is 0 Å². The maximum Gasteiger partial charge on any atom is 0.229 e. The summed E-state index contributed by atoms with van der Waals surface area (Å²) in [7, 11) is 1.70. The number of H-pyrrole nitrogens is 1. The molecule has 0 aliphatic carbocycles. The van der Waals surface area contributed by atoms with Crippen LogP contribution in [-0.4, -0.2) is 41.2 Å². The van der Waals surface area contributed by atoms with Crippen LogP contribution in [0.5, 0.6) is 5.75 Å². The number of aryl methyl sites for hydroxylation is 2. The Morgan fingerprint density at radius 2 is 2.04 bits per heavy atom. The van der Waals surface area contributed by atoms with Crippen molar-refractivity contribution >= 4 is 5.91 Å². The van der Waals surface area contributed by atoms with Crippen LogP contribution < -0.4 is 4.74 Å². The van der Waals surface area contributed by atoms with E-state index in [0.29, 0.717) is 0 Å². The third-order valence-electron chi connectivity index (χ3n) is 5.03. The van der Waals surface area contributed by atoms with E-state index >= 15 is 0 Å². The van der Waals surface area contributed by atoms with Crippen LogP contribution >= 0.6 is 0 Å². The SMILES string of the molecule is COc1cccc2c1CCN(C(=O)C(C)c1c(C)n[nH]c1C)CC2. The fraction of sp³-hybridized carbons (Fsp3) is 0.474. The molecule has 1 aromatic carbocycles. The predicted octanol–water partition coefficient (Wildman–Crippen LogP) is 2.77. The van der Waals surface area contributed by atoms with E-state index in [1.54, 1.807) is 7.11 Å². The van der Waals surface area contributed by atoms with Crippen LogP contribution in [0.4, 0.5) is 0 Å². The normalized spacial score (nSPS) is 15.6. The summed E-state index contributed by atoms with van der Waals surface area (Å²) in [6, 6.07) is 6.16. The van der Waals surface area contributed by atoms with Gasteiger partial charge in [-0.2, -0.15) is 5.10 Å². The molecule has 2 aromatic rings. The van der Waals surface area contributed by atoms with Crippen molar-refractivity contribution in [2.75, 3.05) is 20.2 Å². The van der Waals surface area contributed by atoms with Crippen molar-refractivity contribution in [3.05, 3.63) is 46.3 Å². The first-order valence-electron chi connectivity index (χ1n) is 8.48. The number of aromatic amines is 1. The highest BCUT2D eigenvalue weighted by Crippen LogP contribution is 2.28. The van der Waals surface area contributed by atoms with Crippen molar-refractivity contribution in [3.8, 4) is 5.75 Å². The lowest BCUT2D eigenvalue weighted by molar-refractivity contribution is -0.132. The molecule has 2 heterocycles. The second kappa shape index (κ2) is 6.67. The van der Waals surface area contributed by atoms with E-state index in [9.17, 15) is 4.79 Å². The predicted molar refractivity (Wildman–Crippen MR) is 93.5 cm³/mol. The van der Waals surface area contributed by atoms with Gasteiger partial charge in [-0.3, -0.25) is 9.89 Å². The molecule has 0 fully saturated rings. The Kier molecular flexibility index (Phi) is 4.60. The number of nitrogens with one attached hydrogen (secondary N) is 1. The molecule has 0 spiro atoms. The molecule has 1 aliphatic rings. The smallest absolute Gasteiger partial charge is 0.229 e. The second-order valence-electron chi connectivity index (χ2n) is 6.49. The van der Waals surface area contributed by atoms with Crippen LogP contribution in [0.15, 0.2) is 18.2 Å². The minimum Gasteiger partial charge on any atom is -0.496 e. The summed E-state index contributed by atoms with van der Waals surface area (Å²) < 4.78 is 5.49. The highest BCUT2D eigenvalue weighted by Gasteiger charge is 2.27. The van der Waals surface area contributed by atoms with Gasteiger partial charge in [0.1, 0.15) is 5.75 Å². The van der Waals surface area contributed by atoms with Crippen LogP contribution in [0.1, 0.15) is 40.9 Å². The van der Waals surface area contributed by atoms with Gasteiger partial charge in [0.2, 0.25) is 5.91 Å². The van der Waals surface area contributed by atoms with Crippen molar-refractivity contribution in [1.29, 1.82) is 0 Å². The number of methoxy groups -OCH3 is 1. The van der Waals surface area contributed by atoms with Gasteiger partial charge in [-0.1, -0.05) is 12.1 Å². The third-order valence-corrected chi connectivity index (χ3v) is 5.03. The average Bonchev–Trinajstić information content (AvgIpc) is 2.80. The molecule has 0 saturated carbocycles. The molecular weight excluding hydrogens is 302 g/mol. The number of ether oxygens (including phenoxy) is 1. The first-order chi connectivity index (χ1) is 11.5. The zero-order chi connectivity index (χ0) is 17.3. The lowest BCUT2D eigenvalue weighted by atomic mass is 9.97. The van der Waals surface area contributed by atoms with Gasteiger partial charge in [0, 0.05) is 24.3 Å². The summed E-state index contributed by atoms with van der Waals surface area (Å²) in [6.45, 7) is 7.38. The van der Waals surface area contributed by atoms with Gasteiger partial charge < -0.3 is 9.64 Å². The zero-order valence-corrected chi connectivity index (χ0v) is 14.8. The highest BCUT2D eigenvalue weighted by molar-refractivity contribution is 5.84. The summed E-state index contributed by atoms with van der Waals surface area (Å²) in [6.07, 6.45) is 1.70. The molecule has 128 valence electrons. The summed E-state index contributed by atoms with van der Waals surface area (Å²) >= 11 is 0. The van der Waals surface area contributed by atoms with E-state index in [-0.39, 0.29) is 11.8 Å². The van der Waals surface area contributed by atoms with Gasteiger partial charge in [0.15, 0.2) is 0 Å². The Bertz CT molecular complexity index is 732. The Balaban J connectivity index is 1.79. The molecule has 24 heavy (non-hydrogen) atoms. The fourth-order valence-electron chi connectivity index (χ4n) is 3.75. The second-order valence-corrected chi connectivity index (χ2v) is 6.49. The number of carbonyl (C=O) groups excluding carboxylic acids is 1. The van der Waals surface area contributed by atoms with E-state index in [2.05, 4.69) is 16.3 Å². The number of hydrogen-bond donors (Lipinski definition) is 1. The Morgan fingerprint density at radius 3 is 2.71 bits per heavy atom. The Hall–Kier alpha value is -2.30. The zero-order valence-electron chi connectivity index (χ0n) is 14.8. The number of benzene rings is 1. The van der Waals surface area contributed by atoms with Crippen molar-refractivity contribution in [2.45, 2.75) is 39.5 Å². The number of amides is 1. The topological polar surface area (TPSA) is 58.2 Å². The number of fused-ring (bicyclic) bond motifs is 1. The summed E-state index contributed by atoms with van der Waals surface area (Å²) in [5.74, 6) is 0.928. The molecule has 5 heteroatoms. The van der Waals surface area contributed by atoms with E-state index in [1.807, 2.05) is 37.8 Å². The van der Waals surface area contributed by atoms with Crippen LogP contribution in [0, 0.1) is 13.8 Å². The van der Waals surface area contributed by atoms with Crippen LogP contribution in [0.3, 0.4) is 0 Å². The van der Waals surface area contributed by atoms with Crippen molar-refractivity contribution < 1.29 is 9.53 Å². The maximum absolute atomic E-state index is 13.0. The summed E-state index contributed by atoms with van der Waals surface area (Å²) in [4.78, 5) is 15.0. The molecule has 1 unspecified atom stereocenters. The Labute approximate surface area is 143 Å². The van der Waals surface area contributed by atoms with Crippen molar-refractivity contribution in [1.82, 2.24) is 15.1 Å². The van der Waals surface area contributed by atoms with E-state index in [4.69, 9.17) is 4.74 Å². The molecule has 1 aliphatic heterocycles. The molecule has 1 aromatic heterocycles. The molecule has 0 radical (unpaired) electrons. The van der Waals surface area contributed by atoms with Gasteiger partial charge in [0.25, 0.3) is 0 Å². The maximum atomic E-state index is 13.0. The lowest BCUT2D eigenvalue weighted by Crippen LogP contribution is -2.36. The molecule has 1 atom stereocenters. The number of hydrogen-bond acceptors (Lipinski definition) is 3. The van der Waals surface area contributed by atoms with E-state index < -0.39 is 0 Å². The average molecular weight is 327 g/mol. The van der Waals surface area contributed by atoms with Gasteiger partial charge >= 0.3 is 0 Å². The third kappa shape index (κ3) is 2.90. The van der Waals surface area contributed by atoms with Gasteiger partial charge in [-0.25, -0.2) is 0 Å². The first kappa shape index (κ1) is 16.6. The quantitative estimate of drug-likeness (QED) is 0.943. The molecule has 1 amide bonds. The number of rotatable bonds is 3. The first-order valence-corrected chi connectivity index (χ1v) is 8.48. The lowest BCUT2D eigenvalue weighted by Gasteiger charge is -2.24. The largest absolute Gasteiger partial charge is 0.496 e. The van der Waals surface area contributed by atoms with Gasteiger partial charge in [-0.05, 0) is 50.8 Å². The minimum atomic E-state index is -0.174. The van der Waals surface area contributed by atoms with Gasteiger partial charge in [-0.15, -0.1) is 0 Å². The minimum absolute atomic E-state index is 0.174. The monoisotopic (exact) mass is 327 g/mol. The van der Waals surface area contributed by atoms with Crippen molar-refractivity contribution in [2.24, 2.45) is 0 Å². The standard InChI is InChI=1S/C19H25N3O2/c1-12(18-13(2)20-21-14(18)3)19(23)22-10-8-15-6-5-7-17(24-4)16(15)9-11-22/h5-7,12H,8-11H2,1-4H3,(H,20,21). The number of aromatic nitrogens is 2. The Morgan fingerprint density at radius 1 is 1.29 bits per heavy atom. The van der Waals surface area contributed by atoms with Crippen LogP contribution in [-0.2, 0) is 17.6 Å². The molecule has 1 N–H and O–H groups in total. The van der Waals surface area contributed by atoms with Crippen LogP contribution in [0.2, 0.25) is 0 Å². The highest BCUT2D eigenvalue weighted by atomic mass is 16.5. The molecule has 0 bridgehead atoms. The van der Waals surface area contributed by atoms with Gasteiger partial charge in [0.05, 0.1) is 18.7 Å². The number of nitrogens with zero attached hydrogens (tertiary/aromatic N) is 2. The summed E-state index contributed by atoms with van der Waals surface area (Å²) in [5.41, 5.74) is 5.44. The molecular formula is C19H25N3O2.